The molecule has 2 heteroatoms. The molecule has 3 rings (SSSR count). The van der Waals surface area contributed by atoms with E-state index in [4.69, 9.17) is 0 Å². The Morgan fingerprint density at radius 3 is 0.870 bits per heavy atom. The number of benzene rings is 3. The van der Waals surface area contributed by atoms with Crippen LogP contribution in [0.3, 0.4) is 0 Å². The summed E-state index contributed by atoms with van der Waals surface area (Å²) in [5.41, 5.74) is 4.00. The summed E-state index contributed by atoms with van der Waals surface area (Å²) in [6, 6.07) is 27.5. The van der Waals surface area contributed by atoms with E-state index in [1.165, 1.54) is 16.7 Å². The van der Waals surface area contributed by atoms with Crippen molar-refractivity contribution in [3.63, 3.8) is 0 Å². The van der Waals surface area contributed by atoms with E-state index in [-0.39, 0.29) is 12.4 Å². The molecule has 3 aromatic carbocycles. The summed E-state index contributed by atoms with van der Waals surface area (Å²) in [6.07, 6.45) is 0. The quantitative estimate of drug-likeness (QED) is 0.522. The maximum atomic E-state index is 2.34. The molecule has 0 aliphatic carbocycles. The van der Waals surface area contributed by atoms with Gasteiger partial charge in [0.05, 0.1) is 0 Å². The minimum absolute atomic E-state index is 0. The van der Waals surface area contributed by atoms with Gasteiger partial charge in [0, 0.05) is 0 Å². The number of rotatable bonds is 3. The van der Waals surface area contributed by atoms with Crippen LogP contribution in [-0.2, 0) is 0 Å². The Labute approximate surface area is 152 Å². The van der Waals surface area contributed by atoms with Gasteiger partial charge in [-0.3, -0.25) is 0 Å². The van der Waals surface area contributed by atoms with Crippen LogP contribution >= 0.6 is 0 Å². The Morgan fingerprint density at radius 2 is 0.652 bits per heavy atom. The molecule has 0 saturated carbocycles. The van der Waals surface area contributed by atoms with Crippen molar-refractivity contribution in [2.75, 3.05) is 0 Å². The molecule has 23 heavy (non-hydrogen) atoms. The van der Waals surface area contributed by atoms with Crippen LogP contribution < -0.4 is 23.1 Å². The normalized spacial score (nSPS) is 10.0. The summed E-state index contributed by atoms with van der Waals surface area (Å²) < 4.78 is 4.63. The standard InChI is InChI=1S/3C7H7.ClH.Sn/c3*1-7-5-3-2-4-6-7;;/h3*3-6H,1H3;1H;/q;;;;+1/p-1. The second-order valence-electron chi connectivity index (χ2n) is 5.97. The monoisotopic (exact) mass is 428 g/mol. The molecule has 0 aliphatic rings. The smallest absolute Gasteiger partial charge is 1.00 e. The summed E-state index contributed by atoms with van der Waals surface area (Å²) in [7, 11) is 0. The molecular weight excluding hydrogens is 406 g/mol. The molecule has 0 atom stereocenters. The molecule has 0 fully saturated rings. The first kappa shape index (κ1) is 18.1. The van der Waals surface area contributed by atoms with Gasteiger partial charge in [-0.25, -0.2) is 0 Å². The van der Waals surface area contributed by atoms with Gasteiger partial charge in [0.25, 0.3) is 0 Å². The molecule has 0 bridgehead atoms. The Kier molecular flexibility index (Phi) is 6.32. The van der Waals surface area contributed by atoms with E-state index in [1.54, 1.807) is 10.7 Å². The molecule has 3 aromatic rings. The first-order chi connectivity index (χ1) is 10.6. The van der Waals surface area contributed by atoms with Crippen molar-refractivity contribution < 1.29 is 12.4 Å². The third-order valence-corrected chi connectivity index (χ3v) is 11.8. The zero-order chi connectivity index (χ0) is 15.5. The van der Waals surface area contributed by atoms with Crippen LogP contribution in [0.1, 0.15) is 16.7 Å². The third kappa shape index (κ3) is 4.39. The van der Waals surface area contributed by atoms with Gasteiger partial charge in [-0.1, -0.05) is 0 Å². The first-order valence-electron chi connectivity index (χ1n) is 7.71. The van der Waals surface area contributed by atoms with Gasteiger partial charge in [-0.15, -0.1) is 0 Å². The third-order valence-electron chi connectivity index (χ3n) is 4.02. The van der Waals surface area contributed by atoms with Crippen LogP contribution in [-0.4, -0.2) is 19.8 Å². The summed E-state index contributed by atoms with van der Waals surface area (Å²) in [4.78, 5) is 0. The fraction of sp³-hybridized carbons (Fsp3) is 0.143. The molecule has 0 heterocycles. The van der Waals surface area contributed by atoms with Crippen molar-refractivity contribution >= 4 is 30.5 Å². The number of aryl methyl sites for hydroxylation is 3. The summed E-state index contributed by atoms with van der Waals surface area (Å²) in [6.45, 7) is 6.47. The zero-order valence-corrected chi connectivity index (χ0v) is 17.4. The predicted octanol–water partition coefficient (Wildman–Crippen LogP) is 0.132. The average molecular weight is 428 g/mol. The molecule has 0 N–H and O–H groups in total. The van der Waals surface area contributed by atoms with Crippen LogP contribution in [0.25, 0.3) is 0 Å². The fourth-order valence-corrected chi connectivity index (χ4v) is 9.80. The maximum absolute atomic E-state index is 2.34. The number of halogens is 1. The van der Waals surface area contributed by atoms with E-state index < -0.39 is 19.8 Å². The minimum atomic E-state index is -2.06. The van der Waals surface area contributed by atoms with Crippen LogP contribution in [0.15, 0.2) is 72.8 Å². The minimum Gasteiger partial charge on any atom is -1.00 e. The number of hydrogen-bond donors (Lipinski definition) is 0. The van der Waals surface area contributed by atoms with Crippen LogP contribution in [0.4, 0.5) is 0 Å². The Balaban J connectivity index is 0.00000192. The zero-order valence-electron chi connectivity index (χ0n) is 13.8. The summed E-state index contributed by atoms with van der Waals surface area (Å²) >= 11 is -2.06. The van der Waals surface area contributed by atoms with E-state index in [0.717, 1.165) is 0 Å². The summed E-state index contributed by atoms with van der Waals surface area (Å²) in [5, 5.41) is 0. The molecule has 0 spiro atoms. The maximum Gasteiger partial charge on any atom is -1.00 e. The van der Waals surface area contributed by atoms with Gasteiger partial charge in [0.2, 0.25) is 0 Å². The molecule has 0 nitrogen and oxygen atoms in total. The Morgan fingerprint density at radius 1 is 0.435 bits per heavy atom. The van der Waals surface area contributed by atoms with E-state index >= 15 is 0 Å². The van der Waals surface area contributed by atoms with E-state index in [2.05, 4.69) is 93.6 Å². The predicted molar refractivity (Wildman–Crippen MR) is 98.2 cm³/mol. The molecular formula is C21H21ClSn. The van der Waals surface area contributed by atoms with Crippen molar-refractivity contribution in [1.82, 2.24) is 0 Å². The van der Waals surface area contributed by atoms with Crippen LogP contribution in [0, 0.1) is 20.8 Å². The van der Waals surface area contributed by atoms with Gasteiger partial charge in [0.1, 0.15) is 0 Å². The van der Waals surface area contributed by atoms with Crippen molar-refractivity contribution in [2.24, 2.45) is 0 Å². The van der Waals surface area contributed by atoms with Gasteiger partial charge in [-0.05, 0) is 0 Å². The Hall–Kier alpha value is -1.25. The van der Waals surface area contributed by atoms with Crippen molar-refractivity contribution in [3.8, 4) is 0 Å². The molecule has 0 aliphatic heterocycles. The average Bonchev–Trinajstić information content (AvgIpc) is 2.53. The van der Waals surface area contributed by atoms with Crippen molar-refractivity contribution in [1.29, 1.82) is 0 Å². The van der Waals surface area contributed by atoms with Gasteiger partial charge >= 0.3 is 141 Å². The number of hydrogen-bond acceptors (Lipinski definition) is 0. The molecule has 0 radical (unpaired) electrons. The molecule has 0 unspecified atom stereocenters. The van der Waals surface area contributed by atoms with Gasteiger partial charge in [-0.2, -0.15) is 0 Å². The van der Waals surface area contributed by atoms with Crippen molar-refractivity contribution in [2.45, 2.75) is 20.8 Å². The Bertz CT molecular complexity index is 635. The fourth-order valence-electron chi connectivity index (χ4n) is 2.66. The van der Waals surface area contributed by atoms with Crippen LogP contribution in [0.2, 0.25) is 0 Å². The topological polar surface area (TPSA) is 0 Å². The molecule has 0 amide bonds. The van der Waals surface area contributed by atoms with Crippen molar-refractivity contribution in [3.05, 3.63) is 89.5 Å². The molecule has 0 saturated heterocycles. The van der Waals surface area contributed by atoms with E-state index in [1.807, 2.05) is 0 Å². The van der Waals surface area contributed by atoms with Gasteiger partial charge < -0.3 is 12.4 Å². The molecule has 0 aromatic heterocycles. The van der Waals surface area contributed by atoms with Crippen LogP contribution in [0.5, 0.6) is 0 Å². The second kappa shape index (κ2) is 8.03. The first-order valence-corrected chi connectivity index (χ1v) is 12.0. The molecule has 116 valence electrons. The largest absolute Gasteiger partial charge is 1.00 e. The SMILES string of the molecule is Cc1cc[c]([Sn+]([c]2ccc(C)cc2)[c]2ccc(C)cc2)cc1.[Cl-]. The van der Waals surface area contributed by atoms with E-state index in [0.29, 0.717) is 0 Å². The van der Waals surface area contributed by atoms with E-state index in [9.17, 15) is 0 Å². The second-order valence-corrected chi connectivity index (χ2v) is 13.1. The van der Waals surface area contributed by atoms with Gasteiger partial charge in [0.15, 0.2) is 0 Å². The summed E-state index contributed by atoms with van der Waals surface area (Å²) in [5.74, 6) is 0.